The molecule has 0 amide bonds. The van der Waals surface area contributed by atoms with Crippen LogP contribution in [0, 0.1) is 5.82 Å². The molecule has 0 bridgehead atoms. The van der Waals surface area contributed by atoms with Gasteiger partial charge in [0.05, 0.1) is 13.2 Å². The molecule has 0 saturated carbocycles. The maximum absolute atomic E-state index is 12.9. The molecule has 1 nitrogen and oxygen atoms in total. The lowest BCUT2D eigenvalue weighted by Gasteiger charge is -2.02. The van der Waals surface area contributed by atoms with Crippen molar-refractivity contribution >= 4 is 12.6 Å². The monoisotopic (exact) mass is 186 g/mol. The van der Waals surface area contributed by atoms with Crippen LogP contribution in [-0.2, 0) is 11.3 Å². The summed E-state index contributed by atoms with van der Waals surface area (Å²) in [4.78, 5) is 0. The summed E-state index contributed by atoms with van der Waals surface area (Å²) in [7, 11) is 0. The lowest BCUT2D eigenvalue weighted by Crippen LogP contribution is -1.98. The Kier molecular flexibility index (Phi) is 4.11. The lowest BCUT2D eigenvalue weighted by atomic mass is 10.2. The van der Waals surface area contributed by atoms with E-state index in [4.69, 9.17) is 4.74 Å². The smallest absolute Gasteiger partial charge is 0.128 e. The van der Waals surface area contributed by atoms with Gasteiger partial charge in [0.25, 0.3) is 0 Å². The summed E-state index contributed by atoms with van der Waals surface area (Å²) >= 11 is 3.97. The van der Waals surface area contributed by atoms with Crippen molar-refractivity contribution in [1.29, 1.82) is 0 Å². The van der Waals surface area contributed by atoms with Gasteiger partial charge in [0.15, 0.2) is 0 Å². The molecule has 3 heteroatoms. The van der Waals surface area contributed by atoms with Crippen LogP contribution in [0.4, 0.5) is 4.39 Å². The zero-order chi connectivity index (χ0) is 8.81. The van der Waals surface area contributed by atoms with E-state index in [2.05, 4.69) is 12.6 Å². The van der Waals surface area contributed by atoms with Crippen LogP contribution in [0.15, 0.2) is 24.3 Å². The second-order valence-electron chi connectivity index (χ2n) is 2.37. The molecule has 1 aromatic carbocycles. The highest BCUT2D eigenvalue weighted by Gasteiger charge is 1.98. The normalized spacial score (nSPS) is 10.2. The average molecular weight is 186 g/mol. The van der Waals surface area contributed by atoms with Gasteiger partial charge in [-0.25, -0.2) is 4.39 Å². The van der Waals surface area contributed by atoms with Gasteiger partial charge in [0.1, 0.15) is 5.82 Å². The van der Waals surface area contributed by atoms with Crippen LogP contribution in [0.25, 0.3) is 0 Å². The minimum atomic E-state index is -0.211. The third-order valence-electron chi connectivity index (χ3n) is 1.45. The summed E-state index contributed by atoms with van der Waals surface area (Å²) in [6.45, 7) is 0.880. The Morgan fingerprint density at radius 3 is 2.75 bits per heavy atom. The minimum Gasteiger partial charge on any atom is -0.376 e. The molecule has 0 radical (unpaired) electrons. The molecule has 0 aliphatic rings. The first kappa shape index (κ1) is 9.55. The number of halogens is 1. The van der Waals surface area contributed by atoms with Gasteiger partial charge in [-0.3, -0.25) is 0 Å². The summed E-state index contributed by atoms with van der Waals surface area (Å²) in [6.07, 6.45) is 0. The van der Waals surface area contributed by atoms with Crippen LogP contribution >= 0.6 is 12.6 Å². The van der Waals surface area contributed by atoms with Gasteiger partial charge in [-0.1, -0.05) is 18.2 Å². The third-order valence-corrected chi connectivity index (χ3v) is 1.63. The van der Waals surface area contributed by atoms with Gasteiger partial charge in [0, 0.05) is 11.3 Å². The molecular formula is C9H11FOS. The zero-order valence-corrected chi connectivity index (χ0v) is 7.56. The van der Waals surface area contributed by atoms with Crippen molar-refractivity contribution in [2.24, 2.45) is 0 Å². The van der Waals surface area contributed by atoms with Crippen molar-refractivity contribution in [3.05, 3.63) is 35.6 Å². The molecule has 0 unspecified atom stereocenters. The van der Waals surface area contributed by atoms with E-state index in [1.165, 1.54) is 6.07 Å². The van der Waals surface area contributed by atoms with Gasteiger partial charge in [-0.05, 0) is 6.07 Å². The Morgan fingerprint density at radius 1 is 1.33 bits per heavy atom. The van der Waals surface area contributed by atoms with E-state index in [1.54, 1.807) is 18.2 Å². The summed E-state index contributed by atoms with van der Waals surface area (Å²) in [6, 6.07) is 6.60. The summed E-state index contributed by atoms with van der Waals surface area (Å²) in [5.41, 5.74) is 0.597. The SMILES string of the molecule is Fc1ccccc1COCCS. The summed E-state index contributed by atoms with van der Waals surface area (Å²) in [5.74, 6) is 0.450. The Balaban J connectivity index is 2.46. The molecule has 0 saturated heterocycles. The second-order valence-corrected chi connectivity index (χ2v) is 2.81. The second kappa shape index (κ2) is 5.17. The van der Waals surface area contributed by atoms with Crippen LogP contribution in [0.1, 0.15) is 5.56 Å². The molecule has 0 aliphatic carbocycles. The van der Waals surface area contributed by atoms with E-state index in [-0.39, 0.29) is 5.82 Å². The minimum absolute atomic E-state index is 0.211. The van der Waals surface area contributed by atoms with Gasteiger partial charge < -0.3 is 4.74 Å². The third kappa shape index (κ3) is 2.83. The summed E-state index contributed by atoms with van der Waals surface area (Å²) in [5, 5.41) is 0. The molecule has 12 heavy (non-hydrogen) atoms. The highest BCUT2D eigenvalue weighted by molar-refractivity contribution is 7.80. The maximum Gasteiger partial charge on any atom is 0.128 e. The van der Waals surface area contributed by atoms with E-state index in [9.17, 15) is 4.39 Å². The maximum atomic E-state index is 12.9. The number of benzene rings is 1. The molecule has 0 fully saturated rings. The zero-order valence-electron chi connectivity index (χ0n) is 6.66. The molecule has 1 rings (SSSR count). The molecular weight excluding hydrogens is 175 g/mol. The van der Waals surface area contributed by atoms with E-state index < -0.39 is 0 Å². The van der Waals surface area contributed by atoms with Gasteiger partial charge in [-0.15, -0.1) is 0 Å². The fourth-order valence-corrected chi connectivity index (χ4v) is 0.991. The van der Waals surface area contributed by atoms with Crippen molar-refractivity contribution in [3.63, 3.8) is 0 Å². The van der Waals surface area contributed by atoms with Crippen LogP contribution in [0.3, 0.4) is 0 Å². The van der Waals surface area contributed by atoms with Gasteiger partial charge in [0.2, 0.25) is 0 Å². The Morgan fingerprint density at radius 2 is 2.08 bits per heavy atom. The number of thiol groups is 1. The predicted molar refractivity (Wildman–Crippen MR) is 49.9 cm³/mol. The van der Waals surface area contributed by atoms with Crippen LogP contribution in [-0.4, -0.2) is 12.4 Å². The lowest BCUT2D eigenvalue weighted by molar-refractivity contribution is 0.134. The Labute approximate surface area is 77.0 Å². The van der Waals surface area contributed by atoms with Crippen LogP contribution in [0.2, 0.25) is 0 Å². The first-order chi connectivity index (χ1) is 5.84. The van der Waals surface area contributed by atoms with Crippen molar-refractivity contribution < 1.29 is 9.13 Å². The number of rotatable bonds is 4. The molecule has 0 spiro atoms. The van der Waals surface area contributed by atoms with Gasteiger partial charge in [-0.2, -0.15) is 12.6 Å². The Hall–Kier alpha value is -0.540. The number of hydrogen-bond acceptors (Lipinski definition) is 2. The van der Waals surface area contributed by atoms with E-state index in [1.807, 2.05) is 0 Å². The van der Waals surface area contributed by atoms with Crippen molar-refractivity contribution in [3.8, 4) is 0 Å². The fraction of sp³-hybridized carbons (Fsp3) is 0.333. The van der Waals surface area contributed by atoms with Gasteiger partial charge >= 0.3 is 0 Å². The number of hydrogen-bond donors (Lipinski definition) is 1. The summed E-state index contributed by atoms with van der Waals surface area (Å²) < 4.78 is 18.1. The molecule has 66 valence electrons. The molecule has 0 heterocycles. The molecule has 1 aromatic rings. The first-order valence-corrected chi connectivity index (χ1v) is 4.40. The molecule has 0 N–H and O–H groups in total. The average Bonchev–Trinajstić information content (AvgIpc) is 2.09. The quantitative estimate of drug-likeness (QED) is 0.560. The van der Waals surface area contributed by atoms with E-state index >= 15 is 0 Å². The first-order valence-electron chi connectivity index (χ1n) is 3.76. The molecule has 0 atom stereocenters. The van der Waals surface area contributed by atoms with Crippen LogP contribution in [0.5, 0.6) is 0 Å². The van der Waals surface area contributed by atoms with E-state index in [0.717, 1.165) is 0 Å². The largest absolute Gasteiger partial charge is 0.376 e. The van der Waals surface area contributed by atoms with Crippen LogP contribution < -0.4 is 0 Å². The Bertz CT molecular complexity index is 240. The standard InChI is InChI=1S/C9H11FOS/c10-9-4-2-1-3-8(9)7-11-5-6-12/h1-4,12H,5-7H2. The molecule has 0 aromatic heterocycles. The topological polar surface area (TPSA) is 9.23 Å². The van der Waals surface area contributed by atoms with E-state index in [0.29, 0.717) is 24.5 Å². The van der Waals surface area contributed by atoms with Crippen molar-refractivity contribution in [2.75, 3.05) is 12.4 Å². The predicted octanol–water partition coefficient (Wildman–Crippen LogP) is 2.27. The molecule has 0 aliphatic heterocycles. The number of ether oxygens (including phenoxy) is 1. The fourth-order valence-electron chi connectivity index (χ4n) is 0.862. The highest BCUT2D eigenvalue weighted by Crippen LogP contribution is 2.07. The van der Waals surface area contributed by atoms with Crippen molar-refractivity contribution in [1.82, 2.24) is 0 Å². The van der Waals surface area contributed by atoms with Crippen molar-refractivity contribution in [2.45, 2.75) is 6.61 Å². The highest BCUT2D eigenvalue weighted by atomic mass is 32.1.